The van der Waals surface area contributed by atoms with Crippen LogP contribution in [0.4, 0.5) is 5.69 Å². The van der Waals surface area contributed by atoms with Crippen LogP contribution < -0.4 is 5.32 Å². The van der Waals surface area contributed by atoms with Crippen molar-refractivity contribution in [3.05, 3.63) is 69.6 Å². The van der Waals surface area contributed by atoms with E-state index in [2.05, 4.69) is 10.3 Å². The molecular formula is C17H11ClN2O3S. The van der Waals surface area contributed by atoms with Gasteiger partial charge in [0.15, 0.2) is 5.17 Å². The third kappa shape index (κ3) is 3.67. The Morgan fingerprint density at radius 1 is 1.21 bits per heavy atom. The minimum absolute atomic E-state index is 0.165. The first-order valence-corrected chi connectivity index (χ1v) is 8.10. The molecule has 2 aromatic rings. The molecule has 0 bridgehead atoms. The molecule has 24 heavy (non-hydrogen) atoms. The molecule has 0 spiro atoms. The molecule has 3 rings (SSSR count). The molecule has 2 N–H and O–H groups in total. The topological polar surface area (TPSA) is 78.8 Å². The predicted octanol–water partition coefficient (Wildman–Crippen LogP) is 3.93. The summed E-state index contributed by atoms with van der Waals surface area (Å²) in [6.07, 6.45) is 1.63. The number of carboxylic acids is 1. The average Bonchev–Trinajstić information content (AvgIpc) is 2.89. The summed E-state index contributed by atoms with van der Waals surface area (Å²) in [5, 5.41) is 12.6. The van der Waals surface area contributed by atoms with Gasteiger partial charge < -0.3 is 10.4 Å². The van der Waals surface area contributed by atoms with Crippen LogP contribution >= 0.6 is 23.4 Å². The number of hydrogen-bond acceptors (Lipinski definition) is 4. The summed E-state index contributed by atoms with van der Waals surface area (Å²) in [6, 6.07) is 13.4. The van der Waals surface area contributed by atoms with Crippen molar-refractivity contribution in [1.82, 2.24) is 5.32 Å². The van der Waals surface area contributed by atoms with Crippen molar-refractivity contribution in [2.75, 3.05) is 0 Å². The lowest BCUT2D eigenvalue weighted by atomic mass is 10.1. The van der Waals surface area contributed by atoms with Crippen LogP contribution in [0, 0.1) is 0 Å². The van der Waals surface area contributed by atoms with E-state index in [1.807, 2.05) is 0 Å². The molecule has 5 nitrogen and oxygen atoms in total. The smallest absolute Gasteiger partial charge is 0.335 e. The fraction of sp³-hybridized carbons (Fsp3) is 0. The molecule has 2 aromatic carbocycles. The number of hydrogen-bond donors (Lipinski definition) is 2. The van der Waals surface area contributed by atoms with E-state index in [0.717, 1.165) is 0 Å². The largest absolute Gasteiger partial charge is 0.478 e. The second-order valence-corrected chi connectivity index (χ2v) is 6.30. The molecule has 1 amide bonds. The number of thioether (sulfide) groups is 1. The van der Waals surface area contributed by atoms with Gasteiger partial charge in [-0.1, -0.05) is 35.9 Å². The van der Waals surface area contributed by atoms with Crippen molar-refractivity contribution in [2.24, 2.45) is 4.99 Å². The first-order chi connectivity index (χ1) is 11.5. The number of halogens is 1. The van der Waals surface area contributed by atoms with Crippen molar-refractivity contribution >= 4 is 52.2 Å². The minimum Gasteiger partial charge on any atom is -0.478 e. The van der Waals surface area contributed by atoms with Crippen LogP contribution in [-0.2, 0) is 4.79 Å². The Labute approximate surface area is 147 Å². The van der Waals surface area contributed by atoms with Gasteiger partial charge in [-0.2, -0.15) is 0 Å². The molecule has 0 aliphatic carbocycles. The number of amidine groups is 1. The van der Waals surface area contributed by atoms with Crippen LogP contribution in [0.15, 0.2) is 58.4 Å². The van der Waals surface area contributed by atoms with Gasteiger partial charge in [-0.3, -0.25) is 4.79 Å². The van der Waals surface area contributed by atoms with E-state index in [-0.39, 0.29) is 11.5 Å². The zero-order chi connectivity index (χ0) is 17.1. The van der Waals surface area contributed by atoms with Crippen molar-refractivity contribution in [3.8, 4) is 0 Å². The quantitative estimate of drug-likeness (QED) is 0.815. The van der Waals surface area contributed by atoms with Crippen LogP contribution in [0.1, 0.15) is 15.9 Å². The number of nitrogens with zero attached hydrogens (tertiary/aromatic N) is 1. The third-order valence-electron chi connectivity index (χ3n) is 3.16. The summed E-state index contributed by atoms with van der Waals surface area (Å²) in [7, 11) is 0. The Hall–Kier alpha value is -2.57. The maximum Gasteiger partial charge on any atom is 0.335 e. The minimum atomic E-state index is -1.01. The number of rotatable bonds is 3. The number of carboxylic acid groups (broad SMARTS) is 1. The van der Waals surface area contributed by atoms with E-state index in [1.165, 1.54) is 23.9 Å². The maximum atomic E-state index is 12.1. The maximum absolute atomic E-state index is 12.1. The number of amides is 1. The monoisotopic (exact) mass is 358 g/mol. The Balaban J connectivity index is 1.86. The highest BCUT2D eigenvalue weighted by Crippen LogP contribution is 2.30. The molecule has 0 aromatic heterocycles. The molecule has 0 radical (unpaired) electrons. The van der Waals surface area contributed by atoms with Gasteiger partial charge in [-0.15, -0.1) is 0 Å². The normalized spacial score (nSPS) is 17.3. The van der Waals surface area contributed by atoms with Crippen LogP contribution in [0.2, 0.25) is 5.02 Å². The number of carbonyl (C=O) groups is 2. The fourth-order valence-corrected chi connectivity index (χ4v) is 3.06. The molecular weight excluding hydrogens is 348 g/mol. The van der Waals surface area contributed by atoms with E-state index >= 15 is 0 Å². The second-order valence-electron chi connectivity index (χ2n) is 4.86. The molecule has 0 unspecified atom stereocenters. The molecule has 7 heteroatoms. The summed E-state index contributed by atoms with van der Waals surface area (Å²) in [5.41, 5.74) is 1.36. The Morgan fingerprint density at radius 2 is 2.00 bits per heavy atom. The molecule has 1 aliphatic rings. The van der Waals surface area contributed by atoms with Gasteiger partial charge in [-0.05, 0) is 47.7 Å². The SMILES string of the molecule is O=C1NC(=Nc2ccccc2Cl)S/C1=C/c1cccc(C(=O)O)c1. The van der Waals surface area contributed by atoms with Crippen LogP contribution in [-0.4, -0.2) is 22.2 Å². The third-order valence-corrected chi connectivity index (χ3v) is 4.39. The zero-order valence-electron chi connectivity index (χ0n) is 12.2. The van der Waals surface area contributed by atoms with Crippen LogP contribution in [0.5, 0.6) is 0 Å². The van der Waals surface area contributed by atoms with Gasteiger partial charge in [0.1, 0.15) is 0 Å². The highest BCUT2D eigenvalue weighted by molar-refractivity contribution is 8.18. The first kappa shape index (κ1) is 16.3. The van der Waals surface area contributed by atoms with E-state index in [4.69, 9.17) is 16.7 Å². The van der Waals surface area contributed by atoms with Gasteiger partial charge in [0.2, 0.25) is 0 Å². The summed E-state index contributed by atoms with van der Waals surface area (Å²) < 4.78 is 0. The van der Waals surface area contributed by atoms with Crippen molar-refractivity contribution < 1.29 is 14.7 Å². The van der Waals surface area contributed by atoms with E-state index in [1.54, 1.807) is 42.5 Å². The second kappa shape index (κ2) is 6.90. The van der Waals surface area contributed by atoms with Gasteiger partial charge in [0.25, 0.3) is 5.91 Å². The number of aromatic carboxylic acids is 1. The summed E-state index contributed by atoms with van der Waals surface area (Å²) in [4.78, 5) is 27.8. The standard InChI is InChI=1S/C17H11ClN2O3S/c18-12-6-1-2-7-13(12)19-17-20-15(21)14(24-17)9-10-4-3-5-11(8-10)16(22)23/h1-9H,(H,22,23)(H,19,20,21)/b14-9+. The van der Waals surface area contributed by atoms with Gasteiger partial charge in [0, 0.05) is 0 Å². The van der Waals surface area contributed by atoms with Gasteiger partial charge >= 0.3 is 5.97 Å². The lowest BCUT2D eigenvalue weighted by Gasteiger charge is -1.98. The Kier molecular flexibility index (Phi) is 4.69. The summed E-state index contributed by atoms with van der Waals surface area (Å²) in [5.74, 6) is -1.30. The van der Waals surface area contributed by atoms with Crippen molar-refractivity contribution in [3.63, 3.8) is 0 Å². The van der Waals surface area contributed by atoms with Crippen molar-refractivity contribution in [2.45, 2.75) is 0 Å². The number of nitrogens with one attached hydrogen (secondary N) is 1. The first-order valence-electron chi connectivity index (χ1n) is 6.90. The number of aliphatic imine (C=N–C) groups is 1. The van der Waals surface area contributed by atoms with Gasteiger partial charge in [-0.25, -0.2) is 9.79 Å². The molecule has 0 saturated carbocycles. The Bertz CT molecular complexity index is 893. The van der Waals surface area contributed by atoms with Gasteiger partial charge in [0.05, 0.1) is 21.2 Å². The predicted molar refractivity (Wildman–Crippen MR) is 95.7 cm³/mol. The van der Waals surface area contributed by atoms with Crippen LogP contribution in [0.3, 0.4) is 0 Å². The highest BCUT2D eigenvalue weighted by Gasteiger charge is 2.24. The zero-order valence-corrected chi connectivity index (χ0v) is 13.8. The van der Waals surface area contributed by atoms with Crippen molar-refractivity contribution in [1.29, 1.82) is 0 Å². The van der Waals surface area contributed by atoms with E-state index in [9.17, 15) is 9.59 Å². The fourth-order valence-electron chi connectivity index (χ4n) is 2.05. The lowest BCUT2D eigenvalue weighted by molar-refractivity contribution is -0.115. The molecule has 1 saturated heterocycles. The average molecular weight is 359 g/mol. The number of carbonyl (C=O) groups excluding carboxylic acids is 1. The summed E-state index contributed by atoms with van der Waals surface area (Å²) in [6.45, 7) is 0. The molecule has 0 atom stereocenters. The highest BCUT2D eigenvalue weighted by atomic mass is 35.5. The number of benzene rings is 2. The summed E-state index contributed by atoms with van der Waals surface area (Å²) >= 11 is 7.23. The number of para-hydroxylation sites is 1. The molecule has 1 aliphatic heterocycles. The van der Waals surface area contributed by atoms with Crippen LogP contribution in [0.25, 0.3) is 6.08 Å². The lowest BCUT2D eigenvalue weighted by Crippen LogP contribution is -2.19. The molecule has 1 heterocycles. The Morgan fingerprint density at radius 3 is 2.75 bits per heavy atom. The molecule has 120 valence electrons. The molecule has 1 fully saturated rings. The van der Waals surface area contributed by atoms with E-state index in [0.29, 0.717) is 26.3 Å². The van der Waals surface area contributed by atoms with E-state index < -0.39 is 5.97 Å².